The molecule has 3 aromatic rings. The van der Waals surface area contributed by atoms with E-state index in [4.69, 9.17) is 9.72 Å². The lowest BCUT2D eigenvalue weighted by molar-refractivity contribution is -0.0261. The van der Waals surface area contributed by atoms with E-state index in [0.717, 1.165) is 78.9 Å². The normalized spacial score (nSPS) is 28.4. The first-order valence-electron chi connectivity index (χ1n) is 13.0. The minimum Gasteiger partial charge on any atom is -0.370 e. The van der Waals surface area contributed by atoms with Crippen LogP contribution >= 0.6 is 0 Å². The maximum absolute atomic E-state index is 13.8. The molecule has 6 heteroatoms. The number of nitrogens with zero attached hydrogens (tertiary/aromatic N) is 3. The molecule has 1 amide bonds. The number of hydrogen-bond acceptors (Lipinski definition) is 4. The second-order valence-electron chi connectivity index (χ2n) is 11.5. The smallest absolute Gasteiger partial charge is 0.254 e. The summed E-state index contributed by atoms with van der Waals surface area (Å²) in [6.45, 7) is 8.68. The van der Waals surface area contributed by atoms with Gasteiger partial charge in [-0.3, -0.25) is 9.79 Å². The Morgan fingerprint density at radius 2 is 2.06 bits per heavy atom. The summed E-state index contributed by atoms with van der Waals surface area (Å²) in [5.74, 6) is 1.09. The molecule has 1 N–H and O–H groups in total. The Labute approximate surface area is 205 Å². The van der Waals surface area contributed by atoms with Crippen molar-refractivity contribution in [3.05, 3.63) is 58.4 Å². The van der Waals surface area contributed by atoms with Crippen molar-refractivity contribution in [1.82, 2.24) is 14.9 Å². The van der Waals surface area contributed by atoms with Gasteiger partial charge in [-0.05, 0) is 78.1 Å². The van der Waals surface area contributed by atoms with Gasteiger partial charge in [0.05, 0.1) is 16.7 Å². The topological polar surface area (TPSA) is 70.6 Å². The third-order valence-corrected chi connectivity index (χ3v) is 9.58. The molecule has 2 saturated heterocycles. The zero-order chi connectivity index (χ0) is 23.9. The SMILES string of the molecule is CC1(C)[C@H]2Cc3cc4[nH]c(C5CCCO5)nc4cc3[C@]1(C)CCN2C(=O)c1ccc2c(c1)CC=N2. The number of aromatic amines is 1. The van der Waals surface area contributed by atoms with E-state index in [0.29, 0.717) is 0 Å². The van der Waals surface area contributed by atoms with Gasteiger partial charge in [0.15, 0.2) is 0 Å². The van der Waals surface area contributed by atoms with Crippen molar-refractivity contribution in [3.8, 4) is 0 Å². The maximum atomic E-state index is 13.8. The van der Waals surface area contributed by atoms with Crippen LogP contribution < -0.4 is 0 Å². The number of carbonyl (C=O) groups excluding carboxylic acids is 1. The van der Waals surface area contributed by atoms with Gasteiger partial charge < -0.3 is 14.6 Å². The Hall–Kier alpha value is -2.99. The number of likely N-dealkylation sites (tertiary alicyclic amines) is 1. The number of hydrogen-bond donors (Lipinski definition) is 1. The number of nitrogens with one attached hydrogen (secondary N) is 1. The van der Waals surface area contributed by atoms with Crippen LogP contribution in [0.2, 0.25) is 0 Å². The lowest BCUT2D eigenvalue weighted by Crippen LogP contribution is -2.64. The molecule has 4 aliphatic rings. The predicted molar refractivity (Wildman–Crippen MR) is 137 cm³/mol. The van der Waals surface area contributed by atoms with Crippen LogP contribution in [0.3, 0.4) is 0 Å². The van der Waals surface area contributed by atoms with Crippen molar-refractivity contribution in [3.63, 3.8) is 0 Å². The highest BCUT2D eigenvalue weighted by Crippen LogP contribution is 2.56. The fourth-order valence-electron chi connectivity index (χ4n) is 7.04. The van der Waals surface area contributed by atoms with E-state index in [1.54, 1.807) is 0 Å². The molecule has 6 nitrogen and oxygen atoms in total. The summed E-state index contributed by atoms with van der Waals surface area (Å²) in [4.78, 5) is 28.9. The number of imidazole rings is 1. The number of fused-ring (bicyclic) bond motifs is 6. The van der Waals surface area contributed by atoms with Crippen LogP contribution in [0, 0.1) is 5.41 Å². The first-order chi connectivity index (χ1) is 16.8. The van der Waals surface area contributed by atoms with E-state index >= 15 is 0 Å². The molecule has 0 saturated carbocycles. The lowest BCUT2D eigenvalue weighted by atomic mass is 9.51. The average Bonchev–Trinajstić information content (AvgIpc) is 3.60. The van der Waals surface area contributed by atoms with Crippen molar-refractivity contribution in [2.24, 2.45) is 10.4 Å². The van der Waals surface area contributed by atoms with Crippen molar-refractivity contribution in [2.45, 2.75) is 70.4 Å². The van der Waals surface area contributed by atoms with Crippen LogP contribution in [0.4, 0.5) is 5.69 Å². The number of benzene rings is 2. The number of carbonyl (C=O) groups is 1. The Bertz CT molecular complexity index is 1400. The van der Waals surface area contributed by atoms with Gasteiger partial charge in [0.2, 0.25) is 0 Å². The van der Waals surface area contributed by atoms with Gasteiger partial charge in [-0.1, -0.05) is 20.8 Å². The molecule has 1 aliphatic carbocycles. The minimum atomic E-state index is -0.0604. The number of aromatic nitrogens is 2. The van der Waals surface area contributed by atoms with Gasteiger partial charge in [0.1, 0.15) is 11.9 Å². The van der Waals surface area contributed by atoms with Gasteiger partial charge in [-0.2, -0.15) is 0 Å². The van der Waals surface area contributed by atoms with Crippen molar-refractivity contribution in [2.75, 3.05) is 13.2 Å². The average molecular weight is 469 g/mol. The third-order valence-electron chi connectivity index (χ3n) is 9.58. The van der Waals surface area contributed by atoms with Gasteiger partial charge in [-0.25, -0.2) is 4.98 Å². The predicted octanol–water partition coefficient (Wildman–Crippen LogP) is 5.43. The van der Waals surface area contributed by atoms with Crippen molar-refractivity contribution < 1.29 is 9.53 Å². The van der Waals surface area contributed by atoms with Crippen LogP contribution in [0.25, 0.3) is 11.0 Å². The number of ether oxygens (including phenoxy) is 1. The van der Waals surface area contributed by atoms with E-state index in [9.17, 15) is 4.79 Å². The van der Waals surface area contributed by atoms with E-state index in [1.165, 1.54) is 11.1 Å². The van der Waals surface area contributed by atoms with E-state index in [2.05, 4.69) is 47.8 Å². The van der Waals surface area contributed by atoms with Crippen LogP contribution in [-0.2, 0) is 23.0 Å². The van der Waals surface area contributed by atoms with Gasteiger partial charge in [0, 0.05) is 42.8 Å². The van der Waals surface area contributed by atoms with Gasteiger partial charge in [0.25, 0.3) is 5.91 Å². The zero-order valence-corrected chi connectivity index (χ0v) is 20.7. The molecule has 3 atom stereocenters. The summed E-state index contributed by atoms with van der Waals surface area (Å²) in [5.41, 5.74) is 7.69. The number of rotatable bonds is 2. The summed E-state index contributed by atoms with van der Waals surface area (Å²) >= 11 is 0. The molecular weight excluding hydrogens is 436 g/mol. The molecule has 7 rings (SSSR count). The lowest BCUT2D eigenvalue weighted by Gasteiger charge is -2.60. The largest absolute Gasteiger partial charge is 0.370 e. The summed E-state index contributed by atoms with van der Waals surface area (Å²) < 4.78 is 5.88. The third kappa shape index (κ3) is 2.95. The molecule has 3 aliphatic heterocycles. The second kappa shape index (κ2) is 7.26. The highest BCUT2D eigenvalue weighted by Gasteiger charge is 2.57. The second-order valence-corrected chi connectivity index (χ2v) is 11.5. The molecule has 1 unspecified atom stereocenters. The fraction of sp³-hybridized carbons (Fsp3) is 0.483. The molecule has 1 aromatic heterocycles. The van der Waals surface area contributed by atoms with E-state index in [1.807, 2.05) is 24.4 Å². The Kier molecular flexibility index (Phi) is 4.42. The van der Waals surface area contributed by atoms with Crippen LogP contribution in [0.1, 0.15) is 79.0 Å². The van der Waals surface area contributed by atoms with Crippen LogP contribution in [0.5, 0.6) is 0 Å². The number of aliphatic imine (C=N–C) groups is 1. The standard InChI is InChI=1S/C29H32N4O2/c1-28(2)25-15-19-14-22-23(32-26(31-22)24-5-4-12-35-24)16-20(19)29(28,3)9-11-33(25)27(34)18-6-7-21-17(13-18)8-10-30-21/h6-7,10,13-14,16,24-25H,4-5,8-9,11-12,15H2,1-3H3,(H,31,32)/t24?,25-,29+/m1/s1. The quantitative estimate of drug-likeness (QED) is 0.545. The highest BCUT2D eigenvalue weighted by molar-refractivity contribution is 5.96. The van der Waals surface area contributed by atoms with Crippen molar-refractivity contribution >= 4 is 28.8 Å². The molecular formula is C29H32N4O2. The summed E-state index contributed by atoms with van der Waals surface area (Å²) in [6.07, 6.45) is 6.74. The summed E-state index contributed by atoms with van der Waals surface area (Å²) in [6, 6.07) is 10.7. The number of piperidine rings is 1. The van der Waals surface area contributed by atoms with E-state index in [-0.39, 0.29) is 28.9 Å². The summed E-state index contributed by atoms with van der Waals surface area (Å²) in [7, 11) is 0. The summed E-state index contributed by atoms with van der Waals surface area (Å²) in [5, 5.41) is 0. The fourth-order valence-corrected chi connectivity index (χ4v) is 7.04. The Balaban J connectivity index is 1.27. The molecule has 180 valence electrons. The Morgan fingerprint density at radius 1 is 1.17 bits per heavy atom. The highest BCUT2D eigenvalue weighted by atomic mass is 16.5. The Morgan fingerprint density at radius 3 is 2.89 bits per heavy atom. The minimum absolute atomic E-state index is 0.0229. The van der Waals surface area contributed by atoms with Crippen LogP contribution in [0.15, 0.2) is 35.3 Å². The zero-order valence-electron chi connectivity index (χ0n) is 20.7. The monoisotopic (exact) mass is 468 g/mol. The molecule has 2 aromatic carbocycles. The molecule has 4 heterocycles. The van der Waals surface area contributed by atoms with Crippen molar-refractivity contribution in [1.29, 1.82) is 0 Å². The number of amides is 1. The molecule has 35 heavy (non-hydrogen) atoms. The van der Waals surface area contributed by atoms with Crippen LogP contribution in [-0.4, -0.2) is 46.2 Å². The number of H-pyrrole nitrogens is 1. The van der Waals surface area contributed by atoms with E-state index < -0.39 is 0 Å². The molecule has 0 spiro atoms. The first-order valence-corrected chi connectivity index (χ1v) is 13.0. The first kappa shape index (κ1) is 21.3. The molecule has 2 fully saturated rings. The maximum Gasteiger partial charge on any atom is 0.254 e. The molecule has 2 bridgehead atoms. The molecule has 0 radical (unpaired) electrons. The van der Waals surface area contributed by atoms with Gasteiger partial charge >= 0.3 is 0 Å². The van der Waals surface area contributed by atoms with Gasteiger partial charge in [-0.15, -0.1) is 0 Å².